The topological polar surface area (TPSA) is 61.4 Å². The van der Waals surface area contributed by atoms with Gasteiger partial charge in [-0.05, 0) is 29.3 Å². The van der Waals surface area contributed by atoms with E-state index in [0.29, 0.717) is 6.54 Å². The lowest BCUT2D eigenvalue weighted by Gasteiger charge is -2.11. The number of hydrogen-bond acceptors (Lipinski definition) is 3. The van der Waals surface area contributed by atoms with E-state index in [1.807, 2.05) is 24.3 Å². The Morgan fingerprint density at radius 1 is 1.20 bits per heavy atom. The van der Waals surface area contributed by atoms with Crippen LogP contribution < -0.4 is 10.6 Å². The number of aliphatic hydroxyl groups is 1. The smallest absolute Gasteiger partial charge is 0.233 e. The van der Waals surface area contributed by atoms with Gasteiger partial charge in [0, 0.05) is 17.9 Å². The van der Waals surface area contributed by atoms with Gasteiger partial charge in [-0.2, -0.15) is 0 Å². The molecule has 1 heterocycles. The van der Waals surface area contributed by atoms with Crippen LogP contribution in [0.3, 0.4) is 0 Å². The highest BCUT2D eigenvalue weighted by atomic mass is 16.3. The van der Waals surface area contributed by atoms with Crippen molar-refractivity contribution in [1.82, 2.24) is 0 Å². The van der Waals surface area contributed by atoms with Crippen molar-refractivity contribution in [2.45, 2.75) is 12.5 Å². The minimum Gasteiger partial charge on any atom is -0.392 e. The Hall–Kier alpha value is -2.33. The van der Waals surface area contributed by atoms with Crippen LogP contribution in [0.2, 0.25) is 0 Å². The molecule has 2 aromatic rings. The number of fused-ring (bicyclic) bond motifs is 1. The SMILES string of the molecule is O=C(Nc1ccc(CO)cc1)C1CNc2ccccc21. The summed E-state index contributed by atoms with van der Waals surface area (Å²) in [6, 6.07) is 15.1. The minimum absolute atomic E-state index is 0.00808. The molecular formula is C16H16N2O2. The molecule has 0 aliphatic carbocycles. The molecule has 0 fully saturated rings. The van der Waals surface area contributed by atoms with E-state index in [2.05, 4.69) is 10.6 Å². The molecule has 1 aliphatic rings. The fraction of sp³-hybridized carbons (Fsp3) is 0.188. The van der Waals surface area contributed by atoms with Crippen molar-refractivity contribution in [2.75, 3.05) is 17.2 Å². The van der Waals surface area contributed by atoms with Crippen LogP contribution in [0.15, 0.2) is 48.5 Å². The van der Waals surface area contributed by atoms with Crippen molar-refractivity contribution in [2.24, 2.45) is 0 Å². The van der Waals surface area contributed by atoms with E-state index in [0.717, 1.165) is 22.5 Å². The number of amides is 1. The predicted molar refractivity (Wildman–Crippen MR) is 78.7 cm³/mol. The van der Waals surface area contributed by atoms with Gasteiger partial charge in [0.2, 0.25) is 5.91 Å². The van der Waals surface area contributed by atoms with Crippen LogP contribution in [-0.2, 0) is 11.4 Å². The third-order valence-electron chi connectivity index (χ3n) is 3.55. The van der Waals surface area contributed by atoms with Crippen LogP contribution in [0.5, 0.6) is 0 Å². The molecule has 0 saturated carbocycles. The maximum absolute atomic E-state index is 12.3. The van der Waals surface area contributed by atoms with Gasteiger partial charge in [0.25, 0.3) is 0 Å². The second-order valence-electron chi connectivity index (χ2n) is 4.87. The molecule has 4 heteroatoms. The van der Waals surface area contributed by atoms with Gasteiger partial charge in [-0.1, -0.05) is 30.3 Å². The molecule has 1 aliphatic heterocycles. The lowest BCUT2D eigenvalue weighted by Crippen LogP contribution is -2.22. The monoisotopic (exact) mass is 268 g/mol. The molecule has 0 saturated heterocycles. The molecule has 0 spiro atoms. The first-order valence-electron chi connectivity index (χ1n) is 6.61. The van der Waals surface area contributed by atoms with E-state index in [1.54, 1.807) is 24.3 Å². The molecule has 0 bridgehead atoms. The van der Waals surface area contributed by atoms with Gasteiger partial charge >= 0.3 is 0 Å². The average Bonchev–Trinajstić information content (AvgIpc) is 2.92. The van der Waals surface area contributed by atoms with Crippen LogP contribution in [0.4, 0.5) is 11.4 Å². The standard InChI is InChI=1S/C16H16N2O2/c19-10-11-5-7-12(8-6-11)18-16(20)14-9-17-15-4-2-1-3-13(14)15/h1-8,14,17,19H,9-10H2,(H,18,20). The Balaban J connectivity index is 1.74. The summed E-state index contributed by atoms with van der Waals surface area (Å²) in [6.07, 6.45) is 0. The number of carbonyl (C=O) groups is 1. The van der Waals surface area contributed by atoms with Crippen LogP contribution in [0, 0.1) is 0 Å². The zero-order valence-electron chi connectivity index (χ0n) is 11.0. The van der Waals surface area contributed by atoms with E-state index in [1.165, 1.54) is 0 Å². The van der Waals surface area contributed by atoms with Crippen LogP contribution in [0.25, 0.3) is 0 Å². The Morgan fingerprint density at radius 2 is 1.95 bits per heavy atom. The Kier molecular flexibility index (Phi) is 3.39. The van der Waals surface area contributed by atoms with E-state index >= 15 is 0 Å². The number of nitrogens with one attached hydrogen (secondary N) is 2. The largest absolute Gasteiger partial charge is 0.392 e. The summed E-state index contributed by atoms with van der Waals surface area (Å²) < 4.78 is 0. The van der Waals surface area contributed by atoms with Crippen molar-refractivity contribution in [3.05, 3.63) is 59.7 Å². The molecule has 0 aromatic heterocycles. The van der Waals surface area contributed by atoms with Gasteiger partial charge in [0.15, 0.2) is 0 Å². The van der Waals surface area contributed by atoms with Gasteiger partial charge in [0.05, 0.1) is 12.5 Å². The van der Waals surface area contributed by atoms with Crippen LogP contribution >= 0.6 is 0 Å². The summed E-state index contributed by atoms with van der Waals surface area (Å²) in [5.74, 6) is -0.178. The Bertz CT molecular complexity index is 623. The lowest BCUT2D eigenvalue weighted by molar-refractivity contribution is -0.117. The number of rotatable bonds is 3. The van der Waals surface area contributed by atoms with E-state index in [4.69, 9.17) is 5.11 Å². The van der Waals surface area contributed by atoms with Gasteiger partial charge in [-0.3, -0.25) is 4.79 Å². The number of hydrogen-bond donors (Lipinski definition) is 3. The molecule has 2 aromatic carbocycles. The van der Waals surface area contributed by atoms with Gasteiger partial charge in [-0.25, -0.2) is 0 Å². The second-order valence-corrected chi connectivity index (χ2v) is 4.87. The van der Waals surface area contributed by atoms with E-state index < -0.39 is 0 Å². The molecule has 3 N–H and O–H groups in total. The normalized spacial score (nSPS) is 16.4. The third kappa shape index (κ3) is 2.38. The number of anilines is 2. The third-order valence-corrected chi connectivity index (χ3v) is 3.55. The van der Waals surface area contributed by atoms with Crippen molar-refractivity contribution in [1.29, 1.82) is 0 Å². The summed E-state index contributed by atoms with van der Waals surface area (Å²) in [5, 5.41) is 15.2. The van der Waals surface area contributed by atoms with E-state index in [-0.39, 0.29) is 18.4 Å². The number of para-hydroxylation sites is 1. The van der Waals surface area contributed by atoms with Gasteiger partial charge in [0.1, 0.15) is 0 Å². The first kappa shape index (κ1) is 12.7. The fourth-order valence-electron chi connectivity index (χ4n) is 2.44. The molecule has 0 radical (unpaired) electrons. The van der Waals surface area contributed by atoms with Crippen molar-refractivity contribution in [3.63, 3.8) is 0 Å². The van der Waals surface area contributed by atoms with Gasteiger partial charge < -0.3 is 15.7 Å². The fourth-order valence-corrected chi connectivity index (χ4v) is 2.44. The summed E-state index contributed by atoms with van der Waals surface area (Å²) in [5.41, 5.74) is 3.65. The molecule has 1 unspecified atom stereocenters. The molecule has 1 amide bonds. The molecule has 4 nitrogen and oxygen atoms in total. The molecular weight excluding hydrogens is 252 g/mol. The second kappa shape index (κ2) is 5.35. The number of aliphatic hydroxyl groups excluding tert-OH is 1. The maximum Gasteiger partial charge on any atom is 0.233 e. The highest BCUT2D eigenvalue weighted by Crippen LogP contribution is 2.31. The van der Waals surface area contributed by atoms with Gasteiger partial charge in [-0.15, -0.1) is 0 Å². The quantitative estimate of drug-likeness (QED) is 0.800. The lowest BCUT2D eigenvalue weighted by atomic mass is 10.0. The first-order valence-corrected chi connectivity index (χ1v) is 6.61. The van der Waals surface area contributed by atoms with Crippen molar-refractivity contribution >= 4 is 17.3 Å². The van der Waals surface area contributed by atoms with E-state index in [9.17, 15) is 4.79 Å². The summed E-state index contributed by atoms with van der Waals surface area (Å²) in [6.45, 7) is 0.633. The Morgan fingerprint density at radius 3 is 2.70 bits per heavy atom. The zero-order valence-corrected chi connectivity index (χ0v) is 11.0. The first-order chi connectivity index (χ1) is 9.78. The molecule has 3 rings (SSSR count). The number of benzene rings is 2. The van der Waals surface area contributed by atoms with Crippen LogP contribution in [0.1, 0.15) is 17.0 Å². The van der Waals surface area contributed by atoms with Crippen molar-refractivity contribution in [3.8, 4) is 0 Å². The van der Waals surface area contributed by atoms with Crippen LogP contribution in [-0.4, -0.2) is 17.6 Å². The highest BCUT2D eigenvalue weighted by Gasteiger charge is 2.27. The van der Waals surface area contributed by atoms with Crippen molar-refractivity contribution < 1.29 is 9.90 Å². The summed E-state index contributed by atoms with van der Waals surface area (Å²) in [7, 11) is 0. The molecule has 20 heavy (non-hydrogen) atoms. The molecule has 102 valence electrons. The molecule has 1 atom stereocenters. The summed E-state index contributed by atoms with van der Waals surface area (Å²) in [4.78, 5) is 12.3. The minimum atomic E-state index is -0.163. The predicted octanol–water partition coefficient (Wildman–Crippen LogP) is 2.33. The number of carbonyl (C=O) groups excluding carboxylic acids is 1. The zero-order chi connectivity index (χ0) is 13.9. The highest BCUT2D eigenvalue weighted by molar-refractivity contribution is 5.98. The Labute approximate surface area is 117 Å². The summed E-state index contributed by atoms with van der Waals surface area (Å²) >= 11 is 0. The average molecular weight is 268 g/mol. The maximum atomic E-state index is 12.3.